The van der Waals surface area contributed by atoms with E-state index < -0.39 is 38.9 Å². The first kappa shape index (κ1) is 20.3. The van der Waals surface area contributed by atoms with Crippen LogP contribution >= 0.6 is 0 Å². The van der Waals surface area contributed by atoms with Crippen molar-refractivity contribution in [3.05, 3.63) is 59.4 Å². The second-order valence-electron chi connectivity index (χ2n) is 6.86. The third-order valence-electron chi connectivity index (χ3n) is 4.84. The number of halogens is 3. The Morgan fingerprint density at radius 2 is 1.71 bits per heavy atom. The van der Waals surface area contributed by atoms with Crippen molar-refractivity contribution < 1.29 is 26.4 Å². The lowest BCUT2D eigenvalue weighted by Crippen LogP contribution is -2.36. The van der Waals surface area contributed by atoms with Gasteiger partial charge in [0.2, 0.25) is 10.0 Å². The minimum atomic E-state index is -3.94. The van der Waals surface area contributed by atoms with Crippen LogP contribution in [-0.2, 0) is 10.0 Å². The third kappa shape index (κ3) is 4.36. The quantitative estimate of drug-likeness (QED) is 0.784. The van der Waals surface area contributed by atoms with Crippen molar-refractivity contribution in [3.8, 4) is 0 Å². The van der Waals surface area contributed by atoms with Crippen LogP contribution in [0.5, 0.6) is 0 Å². The molecule has 5 nitrogen and oxygen atoms in total. The Kier molecular flexibility index (Phi) is 5.76. The van der Waals surface area contributed by atoms with E-state index >= 15 is 0 Å². The van der Waals surface area contributed by atoms with Gasteiger partial charge in [0.15, 0.2) is 11.6 Å². The van der Waals surface area contributed by atoms with Crippen molar-refractivity contribution in [2.24, 2.45) is 5.92 Å². The van der Waals surface area contributed by atoms with Crippen LogP contribution in [0.4, 0.5) is 18.9 Å². The molecule has 1 aliphatic rings. The molecule has 0 aliphatic heterocycles. The number of sulfonamides is 1. The maximum atomic E-state index is 14.1. The predicted molar refractivity (Wildman–Crippen MR) is 97.8 cm³/mol. The van der Waals surface area contributed by atoms with E-state index in [1.165, 1.54) is 0 Å². The molecule has 0 spiro atoms. The van der Waals surface area contributed by atoms with Crippen LogP contribution in [0, 0.1) is 23.4 Å². The highest BCUT2D eigenvalue weighted by Gasteiger charge is 2.29. The number of carbonyl (C=O) groups excluding carboxylic acids is 1. The molecule has 0 aromatic heterocycles. The lowest BCUT2D eigenvalue weighted by molar-refractivity contribution is 0.102. The molecular weight excluding hydrogens is 393 g/mol. The minimum absolute atomic E-state index is 0.0885. The Balaban J connectivity index is 1.84. The third-order valence-corrected chi connectivity index (χ3v) is 6.33. The highest BCUT2D eigenvalue weighted by molar-refractivity contribution is 7.89. The SMILES string of the molecule is CC1CCCC1NS(=O)(=O)c1ccc(F)c(C(=O)Nc2ccc(F)c(F)c2)c1. The molecule has 0 saturated heterocycles. The lowest BCUT2D eigenvalue weighted by atomic mass is 10.1. The fourth-order valence-electron chi connectivity index (χ4n) is 3.21. The Morgan fingerprint density at radius 3 is 2.36 bits per heavy atom. The molecule has 0 radical (unpaired) electrons. The van der Waals surface area contributed by atoms with Crippen molar-refractivity contribution in [1.29, 1.82) is 0 Å². The van der Waals surface area contributed by atoms with Gasteiger partial charge >= 0.3 is 0 Å². The number of hydrogen-bond donors (Lipinski definition) is 2. The molecule has 2 atom stereocenters. The zero-order valence-electron chi connectivity index (χ0n) is 15.0. The van der Waals surface area contributed by atoms with Crippen LogP contribution in [-0.4, -0.2) is 20.4 Å². The van der Waals surface area contributed by atoms with Gasteiger partial charge < -0.3 is 5.32 Å². The molecule has 2 N–H and O–H groups in total. The summed E-state index contributed by atoms with van der Waals surface area (Å²) in [6, 6.07) is 5.33. The number of hydrogen-bond acceptors (Lipinski definition) is 3. The Hall–Kier alpha value is -2.39. The van der Waals surface area contributed by atoms with Gasteiger partial charge in [-0.1, -0.05) is 13.3 Å². The fourth-order valence-corrected chi connectivity index (χ4v) is 4.61. The van der Waals surface area contributed by atoms with Gasteiger partial charge in [-0.15, -0.1) is 0 Å². The maximum Gasteiger partial charge on any atom is 0.258 e. The summed E-state index contributed by atoms with van der Waals surface area (Å²) >= 11 is 0. The smallest absolute Gasteiger partial charge is 0.258 e. The van der Waals surface area contributed by atoms with Crippen molar-refractivity contribution >= 4 is 21.6 Å². The van der Waals surface area contributed by atoms with Crippen molar-refractivity contribution in [2.45, 2.75) is 37.1 Å². The van der Waals surface area contributed by atoms with E-state index in [-0.39, 0.29) is 22.5 Å². The minimum Gasteiger partial charge on any atom is -0.322 e. The van der Waals surface area contributed by atoms with Gasteiger partial charge in [0.25, 0.3) is 5.91 Å². The number of rotatable bonds is 5. The largest absolute Gasteiger partial charge is 0.322 e. The maximum absolute atomic E-state index is 14.1. The van der Waals surface area contributed by atoms with Crippen LogP contribution in [0.25, 0.3) is 0 Å². The normalized spacial score (nSPS) is 19.6. The van der Waals surface area contributed by atoms with Crippen LogP contribution < -0.4 is 10.0 Å². The van der Waals surface area contributed by atoms with E-state index in [2.05, 4.69) is 10.0 Å². The average molecular weight is 412 g/mol. The first-order chi connectivity index (χ1) is 13.2. The highest BCUT2D eigenvalue weighted by Crippen LogP contribution is 2.27. The zero-order chi connectivity index (χ0) is 20.5. The van der Waals surface area contributed by atoms with E-state index in [1.807, 2.05) is 6.92 Å². The molecule has 0 bridgehead atoms. The summed E-state index contributed by atoms with van der Waals surface area (Å²) in [6.45, 7) is 1.95. The summed E-state index contributed by atoms with van der Waals surface area (Å²) < 4.78 is 68.2. The van der Waals surface area contributed by atoms with E-state index in [0.717, 1.165) is 49.2 Å². The van der Waals surface area contributed by atoms with E-state index in [9.17, 15) is 26.4 Å². The lowest BCUT2D eigenvalue weighted by Gasteiger charge is -2.17. The van der Waals surface area contributed by atoms with Gasteiger partial charge in [-0.05, 0) is 49.1 Å². The fraction of sp³-hybridized carbons (Fsp3) is 0.316. The molecule has 2 aromatic carbocycles. The molecule has 9 heteroatoms. The number of carbonyl (C=O) groups is 1. The molecular formula is C19H19F3N2O3S. The highest BCUT2D eigenvalue weighted by atomic mass is 32.2. The molecule has 28 heavy (non-hydrogen) atoms. The van der Waals surface area contributed by atoms with Gasteiger partial charge in [0.1, 0.15) is 5.82 Å². The van der Waals surface area contributed by atoms with Gasteiger partial charge in [-0.25, -0.2) is 26.3 Å². The molecule has 2 unspecified atom stereocenters. The van der Waals surface area contributed by atoms with E-state index in [1.54, 1.807) is 0 Å². The number of nitrogens with one attached hydrogen (secondary N) is 2. The standard InChI is InChI=1S/C19H19F3N2O3S/c1-11-3-2-4-18(11)24-28(26,27)13-6-8-15(20)14(10-13)19(25)23-12-5-7-16(21)17(22)9-12/h5-11,18,24H,2-4H2,1H3,(H,23,25). The molecule has 1 aliphatic carbocycles. The van der Waals surface area contributed by atoms with Crippen LogP contribution in [0.3, 0.4) is 0 Å². The Morgan fingerprint density at radius 1 is 1.00 bits per heavy atom. The second-order valence-corrected chi connectivity index (χ2v) is 8.57. The van der Waals surface area contributed by atoms with Crippen molar-refractivity contribution in [1.82, 2.24) is 4.72 Å². The average Bonchev–Trinajstić information content (AvgIpc) is 3.02. The summed E-state index contributed by atoms with van der Waals surface area (Å²) in [5, 5.41) is 2.23. The summed E-state index contributed by atoms with van der Waals surface area (Å²) in [5.74, 6) is -4.00. The number of anilines is 1. The second kappa shape index (κ2) is 7.92. The molecule has 3 rings (SSSR count). The van der Waals surface area contributed by atoms with E-state index in [0.29, 0.717) is 6.42 Å². The van der Waals surface area contributed by atoms with Crippen LogP contribution in [0.1, 0.15) is 36.5 Å². The summed E-state index contributed by atoms with van der Waals surface area (Å²) in [7, 11) is -3.94. The number of amides is 1. The molecule has 1 amide bonds. The molecule has 2 aromatic rings. The first-order valence-electron chi connectivity index (χ1n) is 8.75. The first-order valence-corrected chi connectivity index (χ1v) is 10.2. The summed E-state index contributed by atoms with van der Waals surface area (Å²) in [6.07, 6.45) is 2.54. The van der Waals surface area contributed by atoms with Crippen molar-refractivity contribution in [2.75, 3.05) is 5.32 Å². The number of benzene rings is 2. The van der Waals surface area contributed by atoms with Gasteiger partial charge in [0.05, 0.1) is 10.5 Å². The van der Waals surface area contributed by atoms with Gasteiger partial charge in [0, 0.05) is 17.8 Å². The summed E-state index contributed by atoms with van der Waals surface area (Å²) in [4.78, 5) is 12.1. The van der Waals surface area contributed by atoms with Crippen LogP contribution in [0.2, 0.25) is 0 Å². The predicted octanol–water partition coefficient (Wildman–Crippen LogP) is 3.82. The summed E-state index contributed by atoms with van der Waals surface area (Å²) in [5.41, 5.74) is -0.610. The van der Waals surface area contributed by atoms with Crippen LogP contribution in [0.15, 0.2) is 41.3 Å². The molecule has 150 valence electrons. The Bertz CT molecular complexity index is 1010. The molecule has 1 fully saturated rings. The monoisotopic (exact) mass is 412 g/mol. The van der Waals surface area contributed by atoms with Crippen molar-refractivity contribution in [3.63, 3.8) is 0 Å². The molecule has 1 saturated carbocycles. The molecule has 0 heterocycles. The Labute approximate surface area is 161 Å². The van der Waals surface area contributed by atoms with Gasteiger partial charge in [-0.3, -0.25) is 4.79 Å². The zero-order valence-corrected chi connectivity index (χ0v) is 15.8. The van der Waals surface area contributed by atoms with E-state index in [4.69, 9.17) is 0 Å². The van der Waals surface area contributed by atoms with Gasteiger partial charge in [-0.2, -0.15) is 0 Å². The topological polar surface area (TPSA) is 75.3 Å².